The topological polar surface area (TPSA) is 70.6 Å². The fourth-order valence-corrected chi connectivity index (χ4v) is 2.94. The first-order valence-electron chi connectivity index (χ1n) is 7.53. The summed E-state index contributed by atoms with van der Waals surface area (Å²) in [7, 11) is 0. The van der Waals surface area contributed by atoms with E-state index >= 15 is 0 Å². The molecule has 0 heterocycles. The minimum Gasteiger partial charge on any atom is -0.409 e. The average Bonchev–Trinajstić information content (AvgIpc) is 2.53. The second-order valence-corrected chi connectivity index (χ2v) is 5.69. The molecule has 0 unspecified atom stereocenters. The highest BCUT2D eigenvalue weighted by Gasteiger charge is 2.19. The molecule has 110 valence electrons. The molecule has 0 saturated heterocycles. The maximum absolute atomic E-state index is 8.71. The average molecular weight is 275 g/mol. The minimum absolute atomic E-state index is 0.162. The van der Waals surface area contributed by atoms with Crippen LogP contribution in [0.1, 0.15) is 50.2 Å². The Balaban J connectivity index is 1.85. The van der Waals surface area contributed by atoms with Crippen molar-refractivity contribution in [2.45, 2.75) is 51.6 Å². The summed E-state index contributed by atoms with van der Waals surface area (Å²) in [6, 6.07) is 8.47. The molecule has 1 aliphatic carbocycles. The monoisotopic (exact) mass is 275 g/mol. The zero-order chi connectivity index (χ0) is 14.4. The summed E-state index contributed by atoms with van der Waals surface area (Å²) in [5.74, 6) is 1.09. The van der Waals surface area contributed by atoms with E-state index in [0.717, 1.165) is 18.0 Å². The van der Waals surface area contributed by atoms with Crippen molar-refractivity contribution in [3.05, 3.63) is 35.4 Å². The van der Waals surface area contributed by atoms with Crippen LogP contribution in [0.2, 0.25) is 0 Å². The molecule has 4 nitrogen and oxygen atoms in total. The molecule has 0 atom stereocenters. The highest BCUT2D eigenvalue weighted by Crippen LogP contribution is 2.26. The van der Waals surface area contributed by atoms with Crippen LogP contribution in [0, 0.1) is 5.92 Å². The smallest absolute Gasteiger partial charge is 0.170 e. The van der Waals surface area contributed by atoms with Crippen molar-refractivity contribution in [3.8, 4) is 0 Å². The predicted octanol–water partition coefficient (Wildman–Crippen LogP) is 2.84. The van der Waals surface area contributed by atoms with Crippen molar-refractivity contribution in [2.24, 2.45) is 16.8 Å². The number of amidine groups is 1. The molecular formula is C16H25N3O. The third kappa shape index (κ3) is 3.97. The molecule has 1 saturated carbocycles. The molecule has 1 fully saturated rings. The Morgan fingerprint density at radius 3 is 2.75 bits per heavy atom. The SMILES string of the molecule is CCC1CCC(NCc2cccc(C(N)=NO)c2)CC1. The van der Waals surface area contributed by atoms with Crippen LogP contribution in [0.3, 0.4) is 0 Å². The van der Waals surface area contributed by atoms with Gasteiger partial charge in [0.05, 0.1) is 0 Å². The number of hydrogen-bond donors (Lipinski definition) is 3. The molecule has 0 radical (unpaired) electrons. The summed E-state index contributed by atoms with van der Waals surface area (Å²) in [6.07, 6.45) is 6.56. The van der Waals surface area contributed by atoms with E-state index in [1.807, 2.05) is 18.2 Å². The zero-order valence-electron chi connectivity index (χ0n) is 12.2. The molecule has 0 spiro atoms. The highest BCUT2D eigenvalue weighted by molar-refractivity contribution is 5.97. The van der Waals surface area contributed by atoms with Crippen molar-refractivity contribution < 1.29 is 5.21 Å². The Hall–Kier alpha value is -1.55. The maximum Gasteiger partial charge on any atom is 0.170 e. The normalized spacial score (nSPS) is 23.8. The molecule has 1 aromatic rings. The van der Waals surface area contributed by atoms with E-state index < -0.39 is 0 Å². The fourth-order valence-electron chi connectivity index (χ4n) is 2.94. The largest absolute Gasteiger partial charge is 0.409 e. The Bertz CT molecular complexity index is 451. The van der Waals surface area contributed by atoms with Crippen molar-refractivity contribution in [1.29, 1.82) is 0 Å². The standard InChI is InChI=1S/C16H25N3O/c1-2-12-6-8-15(9-7-12)18-11-13-4-3-5-14(10-13)16(17)19-20/h3-5,10,12,15,18,20H,2,6-9,11H2,1H3,(H2,17,19). The van der Waals surface area contributed by atoms with E-state index in [4.69, 9.17) is 10.9 Å². The summed E-state index contributed by atoms with van der Waals surface area (Å²) in [6.45, 7) is 3.13. The van der Waals surface area contributed by atoms with E-state index in [9.17, 15) is 0 Å². The van der Waals surface area contributed by atoms with Crippen molar-refractivity contribution in [3.63, 3.8) is 0 Å². The molecule has 0 aromatic heterocycles. The minimum atomic E-state index is 0.162. The molecule has 0 aliphatic heterocycles. The first kappa shape index (κ1) is 14.9. The lowest BCUT2D eigenvalue weighted by atomic mass is 9.84. The number of nitrogens with two attached hydrogens (primary N) is 1. The lowest BCUT2D eigenvalue weighted by Crippen LogP contribution is -2.32. The summed E-state index contributed by atoms with van der Waals surface area (Å²) >= 11 is 0. The van der Waals surface area contributed by atoms with Gasteiger partial charge < -0.3 is 16.3 Å². The summed E-state index contributed by atoms with van der Waals surface area (Å²) in [4.78, 5) is 0. The lowest BCUT2D eigenvalue weighted by Gasteiger charge is -2.28. The van der Waals surface area contributed by atoms with Crippen LogP contribution in [0.15, 0.2) is 29.4 Å². The molecule has 2 rings (SSSR count). The van der Waals surface area contributed by atoms with Crippen LogP contribution in [-0.2, 0) is 6.54 Å². The van der Waals surface area contributed by atoms with Gasteiger partial charge in [0.15, 0.2) is 5.84 Å². The number of nitrogens with zero attached hydrogens (tertiary/aromatic N) is 1. The number of benzene rings is 1. The van der Waals surface area contributed by atoms with Gasteiger partial charge in [-0.1, -0.05) is 36.7 Å². The number of hydrogen-bond acceptors (Lipinski definition) is 3. The van der Waals surface area contributed by atoms with Crippen LogP contribution in [0.25, 0.3) is 0 Å². The molecule has 4 N–H and O–H groups in total. The third-order valence-corrected chi connectivity index (χ3v) is 4.35. The first-order valence-corrected chi connectivity index (χ1v) is 7.53. The van der Waals surface area contributed by atoms with E-state index in [0.29, 0.717) is 6.04 Å². The summed E-state index contributed by atoms with van der Waals surface area (Å²) in [5, 5.41) is 15.4. The summed E-state index contributed by atoms with van der Waals surface area (Å²) < 4.78 is 0. The predicted molar refractivity (Wildman–Crippen MR) is 81.8 cm³/mol. The van der Waals surface area contributed by atoms with Gasteiger partial charge in [-0.2, -0.15) is 0 Å². The maximum atomic E-state index is 8.71. The lowest BCUT2D eigenvalue weighted by molar-refractivity contribution is 0.285. The van der Waals surface area contributed by atoms with Crippen molar-refractivity contribution >= 4 is 5.84 Å². The van der Waals surface area contributed by atoms with Crippen LogP contribution >= 0.6 is 0 Å². The fraction of sp³-hybridized carbons (Fsp3) is 0.562. The Labute approximate surface area is 121 Å². The Morgan fingerprint density at radius 2 is 2.10 bits per heavy atom. The van der Waals surface area contributed by atoms with E-state index in [-0.39, 0.29) is 5.84 Å². The Morgan fingerprint density at radius 1 is 1.35 bits per heavy atom. The number of rotatable bonds is 5. The van der Waals surface area contributed by atoms with E-state index in [2.05, 4.69) is 23.5 Å². The van der Waals surface area contributed by atoms with Gasteiger partial charge in [-0.3, -0.25) is 0 Å². The zero-order valence-corrected chi connectivity index (χ0v) is 12.2. The van der Waals surface area contributed by atoms with Gasteiger partial charge >= 0.3 is 0 Å². The van der Waals surface area contributed by atoms with Gasteiger partial charge in [0.2, 0.25) is 0 Å². The van der Waals surface area contributed by atoms with E-state index in [1.165, 1.54) is 37.7 Å². The van der Waals surface area contributed by atoms with Gasteiger partial charge in [0, 0.05) is 18.2 Å². The second kappa shape index (κ2) is 7.29. The molecule has 20 heavy (non-hydrogen) atoms. The van der Waals surface area contributed by atoms with Gasteiger partial charge in [0.25, 0.3) is 0 Å². The second-order valence-electron chi connectivity index (χ2n) is 5.69. The molecular weight excluding hydrogens is 250 g/mol. The van der Waals surface area contributed by atoms with Crippen LogP contribution in [0.5, 0.6) is 0 Å². The molecule has 1 aliphatic rings. The molecule has 4 heteroatoms. The molecule has 0 bridgehead atoms. The van der Waals surface area contributed by atoms with Gasteiger partial charge in [-0.25, -0.2) is 0 Å². The number of nitrogens with one attached hydrogen (secondary N) is 1. The van der Waals surface area contributed by atoms with Crippen LogP contribution < -0.4 is 11.1 Å². The quantitative estimate of drug-likeness (QED) is 0.335. The van der Waals surface area contributed by atoms with Gasteiger partial charge in [0.1, 0.15) is 0 Å². The molecule has 0 amide bonds. The highest BCUT2D eigenvalue weighted by atomic mass is 16.4. The van der Waals surface area contributed by atoms with Gasteiger partial charge in [-0.15, -0.1) is 0 Å². The summed E-state index contributed by atoms with van der Waals surface area (Å²) in [5.41, 5.74) is 7.55. The van der Waals surface area contributed by atoms with Crippen molar-refractivity contribution in [2.75, 3.05) is 0 Å². The van der Waals surface area contributed by atoms with Gasteiger partial charge in [-0.05, 0) is 43.2 Å². The third-order valence-electron chi connectivity index (χ3n) is 4.35. The Kier molecular flexibility index (Phi) is 5.41. The van der Waals surface area contributed by atoms with E-state index in [1.54, 1.807) is 0 Å². The van der Waals surface area contributed by atoms with Crippen LogP contribution in [0.4, 0.5) is 0 Å². The van der Waals surface area contributed by atoms with Crippen molar-refractivity contribution in [1.82, 2.24) is 5.32 Å². The van der Waals surface area contributed by atoms with Crippen LogP contribution in [-0.4, -0.2) is 17.1 Å². The first-order chi connectivity index (χ1) is 9.72. The number of oxime groups is 1. The molecule has 1 aromatic carbocycles.